The van der Waals surface area contributed by atoms with Gasteiger partial charge in [0.05, 0.1) is 10.9 Å². The molecule has 0 bridgehead atoms. The molecule has 0 saturated heterocycles. The van der Waals surface area contributed by atoms with Gasteiger partial charge in [0.2, 0.25) is 0 Å². The lowest BCUT2D eigenvalue weighted by atomic mass is 9.96. The lowest BCUT2D eigenvalue weighted by Gasteiger charge is -2.21. The summed E-state index contributed by atoms with van der Waals surface area (Å²) in [6.45, 7) is 0. The predicted molar refractivity (Wildman–Crippen MR) is 54.6 cm³/mol. The normalized spacial score (nSPS) is 19.6. The standard InChI is InChI=1S/C9H17NOS/c1-12(2)9(11)10-8-6-4-3-5-7-8/h8H,3-7H2,1-2H3/p+1. The van der Waals surface area contributed by atoms with Crippen LogP contribution in [0.1, 0.15) is 32.1 Å². The zero-order chi connectivity index (χ0) is 8.97. The second-order valence-corrected chi connectivity index (χ2v) is 5.59. The maximum absolute atomic E-state index is 11.3. The fourth-order valence-corrected chi connectivity index (χ4v) is 1.93. The van der Waals surface area contributed by atoms with E-state index in [2.05, 4.69) is 5.32 Å². The molecule has 1 saturated carbocycles. The van der Waals surface area contributed by atoms with Crippen LogP contribution < -0.4 is 5.32 Å². The Balaban J connectivity index is 2.24. The Morgan fingerprint density at radius 1 is 1.25 bits per heavy atom. The molecule has 1 rings (SSSR count). The van der Waals surface area contributed by atoms with Crippen LogP contribution in [0.25, 0.3) is 0 Å². The molecule has 0 atom stereocenters. The second-order valence-electron chi connectivity index (χ2n) is 3.58. The van der Waals surface area contributed by atoms with Gasteiger partial charge in [-0.05, 0) is 12.8 Å². The van der Waals surface area contributed by atoms with Crippen LogP contribution in [-0.2, 0) is 10.9 Å². The highest BCUT2D eigenvalue weighted by molar-refractivity contribution is 8.09. The van der Waals surface area contributed by atoms with Crippen LogP contribution in [0.15, 0.2) is 0 Å². The minimum atomic E-state index is -0.112. The highest BCUT2D eigenvalue weighted by Crippen LogP contribution is 2.17. The Morgan fingerprint density at radius 2 is 1.83 bits per heavy atom. The third-order valence-electron chi connectivity index (χ3n) is 2.30. The number of rotatable bonds is 1. The molecule has 1 fully saturated rings. The highest BCUT2D eigenvalue weighted by Gasteiger charge is 2.22. The second kappa shape index (κ2) is 4.75. The van der Waals surface area contributed by atoms with E-state index in [9.17, 15) is 4.79 Å². The monoisotopic (exact) mass is 188 g/mol. The molecule has 1 N–H and O–H groups in total. The van der Waals surface area contributed by atoms with Crippen LogP contribution in [-0.4, -0.2) is 23.8 Å². The van der Waals surface area contributed by atoms with Crippen LogP contribution >= 0.6 is 0 Å². The first-order valence-corrected chi connectivity index (χ1v) is 6.62. The SMILES string of the molecule is C[S+](C)C(=O)NC1CCCCC1. The van der Waals surface area contributed by atoms with Crippen molar-refractivity contribution in [2.75, 3.05) is 12.5 Å². The molecule has 0 heterocycles. The van der Waals surface area contributed by atoms with Crippen LogP contribution in [0.2, 0.25) is 0 Å². The van der Waals surface area contributed by atoms with Crippen molar-refractivity contribution in [3.8, 4) is 0 Å². The van der Waals surface area contributed by atoms with Gasteiger partial charge >= 0.3 is 5.24 Å². The van der Waals surface area contributed by atoms with Crippen molar-refractivity contribution >= 4 is 16.1 Å². The van der Waals surface area contributed by atoms with Crippen LogP contribution in [0.5, 0.6) is 0 Å². The van der Waals surface area contributed by atoms with Gasteiger partial charge < -0.3 is 5.32 Å². The highest BCUT2D eigenvalue weighted by atomic mass is 32.2. The molecule has 70 valence electrons. The molecule has 3 heteroatoms. The molecule has 0 unspecified atom stereocenters. The number of nitrogens with one attached hydrogen (secondary N) is 1. The summed E-state index contributed by atoms with van der Waals surface area (Å²) in [5.74, 6) is 0. The fourth-order valence-electron chi connectivity index (χ4n) is 1.53. The number of carbonyl (C=O) groups excluding carboxylic acids is 1. The first kappa shape index (κ1) is 9.90. The Bertz CT molecular complexity index is 153. The van der Waals surface area contributed by atoms with Crippen LogP contribution in [0.4, 0.5) is 4.79 Å². The Labute approximate surface area is 77.5 Å². The first-order chi connectivity index (χ1) is 5.70. The summed E-state index contributed by atoms with van der Waals surface area (Å²) in [5.41, 5.74) is 0. The largest absolute Gasteiger partial charge is 0.428 e. The van der Waals surface area contributed by atoms with Gasteiger partial charge in [0.25, 0.3) is 0 Å². The zero-order valence-electron chi connectivity index (χ0n) is 7.93. The summed E-state index contributed by atoms with van der Waals surface area (Å²) in [7, 11) is -0.112. The van der Waals surface area contributed by atoms with Gasteiger partial charge in [0, 0.05) is 6.04 Å². The average molecular weight is 188 g/mol. The van der Waals surface area contributed by atoms with Crippen molar-refractivity contribution in [1.29, 1.82) is 0 Å². The van der Waals surface area contributed by atoms with Crippen molar-refractivity contribution in [2.45, 2.75) is 38.1 Å². The van der Waals surface area contributed by atoms with Crippen molar-refractivity contribution < 1.29 is 4.79 Å². The summed E-state index contributed by atoms with van der Waals surface area (Å²) < 4.78 is 0. The van der Waals surface area contributed by atoms with E-state index in [1.165, 1.54) is 32.1 Å². The number of hydrogen-bond donors (Lipinski definition) is 1. The summed E-state index contributed by atoms with van der Waals surface area (Å²) >= 11 is 0. The summed E-state index contributed by atoms with van der Waals surface area (Å²) in [5, 5.41) is 3.33. The molecule has 0 aliphatic heterocycles. The van der Waals surface area contributed by atoms with E-state index in [1.54, 1.807) is 0 Å². The number of carbonyl (C=O) groups is 1. The predicted octanol–water partition coefficient (Wildman–Crippen LogP) is 1.91. The molecule has 1 aliphatic rings. The smallest absolute Gasteiger partial charge is 0.309 e. The molecule has 1 amide bonds. The Morgan fingerprint density at radius 3 is 2.33 bits per heavy atom. The summed E-state index contributed by atoms with van der Waals surface area (Å²) in [6.07, 6.45) is 10.2. The maximum atomic E-state index is 11.3. The third-order valence-corrected chi connectivity index (χ3v) is 3.16. The first-order valence-electron chi connectivity index (χ1n) is 4.58. The molecule has 2 nitrogen and oxygen atoms in total. The maximum Gasteiger partial charge on any atom is 0.428 e. The van der Waals surface area contributed by atoms with E-state index in [0.717, 1.165) is 0 Å². The van der Waals surface area contributed by atoms with Gasteiger partial charge in [0.15, 0.2) is 0 Å². The van der Waals surface area contributed by atoms with Crippen molar-refractivity contribution in [2.24, 2.45) is 0 Å². The lowest BCUT2D eigenvalue weighted by Crippen LogP contribution is -2.38. The number of hydrogen-bond acceptors (Lipinski definition) is 1. The lowest BCUT2D eigenvalue weighted by molar-refractivity contribution is 0.252. The molecule has 0 radical (unpaired) electrons. The number of amides is 1. The Kier molecular flexibility index (Phi) is 3.92. The van der Waals surface area contributed by atoms with Gasteiger partial charge in [0.1, 0.15) is 12.5 Å². The molecular formula is C9H18NOS+. The molecule has 0 aromatic heterocycles. The molecule has 1 aliphatic carbocycles. The van der Waals surface area contributed by atoms with Gasteiger partial charge in [-0.3, -0.25) is 0 Å². The zero-order valence-corrected chi connectivity index (χ0v) is 8.75. The summed E-state index contributed by atoms with van der Waals surface area (Å²) in [4.78, 5) is 11.3. The van der Waals surface area contributed by atoms with Crippen molar-refractivity contribution in [1.82, 2.24) is 5.32 Å². The minimum Gasteiger partial charge on any atom is -0.309 e. The van der Waals surface area contributed by atoms with E-state index < -0.39 is 0 Å². The topological polar surface area (TPSA) is 29.1 Å². The summed E-state index contributed by atoms with van der Waals surface area (Å²) in [6, 6.07) is 0.473. The van der Waals surface area contributed by atoms with Crippen molar-refractivity contribution in [3.63, 3.8) is 0 Å². The van der Waals surface area contributed by atoms with Crippen LogP contribution in [0.3, 0.4) is 0 Å². The minimum absolute atomic E-state index is 0.112. The quantitative estimate of drug-likeness (QED) is 0.626. The fraction of sp³-hybridized carbons (Fsp3) is 0.889. The van der Waals surface area contributed by atoms with Crippen LogP contribution in [0, 0.1) is 0 Å². The van der Waals surface area contributed by atoms with Crippen molar-refractivity contribution in [3.05, 3.63) is 0 Å². The Hall–Kier alpha value is -0.180. The van der Waals surface area contributed by atoms with Gasteiger partial charge in [-0.15, -0.1) is 0 Å². The van der Waals surface area contributed by atoms with E-state index >= 15 is 0 Å². The third kappa shape index (κ3) is 3.05. The van der Waals surface area contributed by atoms with E-state index in [-0.39, 0.29) is 16.1 Å². The molecule has 0 aromatic carbocycles. The molecule has 12 heavy (non-hydrogen) atoms. The van der Waals surface area contributed by atoms with Gasteiger partial charge in [-0.2, -0.15) is 0 Å². The van der Waals surface area contributed by atoms with E-state index in [0.29, 0.717) is 6.04 Å². The average Bonchev–Trinajstić information content (AvgIpc) is 2.06. The van der Waals surface area contributed by atoms with Gasteiger partial charge in [-0.25, -0.2) is 4.79 Å². The van der Waals surface area contributed by atoms with E-state index in [1.807, 2.05) is 12.5 Å². The molecule has 0 aromatic rings. The molecular weight excluding hydrogens is 170 g/mol. The van der Waals surface area contributed by atoms with Gasteiger partial charge in [-0.1, -0.05) is 19.3 Å². The molecule has 0 spiro atoms. The van der Waals surface area contributed by atoms with E-state index in [4.69, 9.17) is 0 Å².